The van der Waals surface area contributed by atoms with Crippen LogP contribution in [-0.4, -0.2) is 34.1 Å². The Morgan fingerprint density at radius 2 is 1.92 bits per heavy atom. The predicted molar refractivity (Wildman–Crippen MR) is 98.1 cm³/mol. The molecule has 6 nitrogen and oxygen atoms in total. The first-order chi connectivity index (χ1) is 11.3. The van der Waals surface area contributed by atoms with E-state index in [0.717, 1.165) is 3.79 Å². The van der Waals surface area contributed by atoms with E-state index in [9.17, 15) is 13.2 Å². The van der Waals surface area contributed by atoms with Gasteiger partial charge in [-0.25, -0.2) is 13.1 Å². The number of amides is 1. The smallest absolute Gasteiger partial charge is 0.265 e. The number of thiophene rings is 1. The maximum atomic E-state index is 12.2. The Morgan fingerprint density at radius 1 is 1.25 bits per heavy atom. The van der Waals surface area contributed by atoms with E-state index in [4.69, 9.17) is 4.74 Å². The SMILES string of the molecule is COC[C@H](C)NS(=O)(=O)c1ccc(NC(=O)c2ccc(Br)s2)cc1. The normalized spacial score (nSPS) is 12.8. The molecule has 2 aromatic rings. The van der Waals surface area contributed by atoms with Crippen LogP contribution in [0.3, 0.4) is 0 Å². The molecule has 1 aromatic carbocycles. The molecule has 130 valence electrons. The number of methoxy groups -OCH3 is 1. The van der Waals surface area contributed by atoms with Crippen molar-refractivity contribution in [1.29, 1.82) is 0 Å². The minimum atomic E-state index is -3.62. The fourth-order valence-electron chi connectivity index (χ4n) is 1.96. The number of hydrogen-bond acceptors (Lipinski definition) is 5. The first-order valence-electron chi connectivity index (χ1n) is 7.00. The van der Waals surface area contributed by atoms with Gasteiger partial charge in [-0.3, -0.25) is 4.79 Å². The number of sulfonamides is 1. The lowest BCUT2D eigenvalue weighted by Gasteiger charge is -2.13. The highest BCUT2D eigenvalue weighted by Crippen LogP contribution is 2.23. The van der Waals surface area contributed by atoms with E-state index in [1.165, 1.54) is 30.6 Å². The van der Waals surface area contributed by atoms with Crippen LogP contribution in [0.2, 0.25) is 0 Å². The van der Waals surface area contributed by atoms with Gasteiger partial charge in [-0.2, -0.15) is 0 Å². The largest absolute Gasteiger partial charge is 0.383 e. The molecular weight excluding hydrogens is 416 g/mol. The van der Waals surface area contributed by atoms with Crippen LogP contribution in [0.25, 0.3) is 0 Å². The number of carbonyl (C=O) groups is 1. The zero-order chi connectivity index (χ0) is 17.7. The van der Waals surface area contributed by atoms with E-state index in [2.05, 4.69) is 26.0 Å². The van der Waals surface area contributed by atoms with Gasteiger partial charge in [0.25, 0.3) is 5.91 Å². The van der Waals surface area contributed by atoms with Crippen LogP contribution in [0.5, 0.6) is 0 Å². The van der Waals surface area contributed by atoms with Crippen molar-refractivity contribution >= 4 is 48.9 Å². The highest BCUT2D eigenvalue weighted by atomic mass is 79.9. The van der Waals surface area contributed by atoms with Gasteiger partial charge in [0.05, 0.1) is 20.2 Å². The molecule has 0 bridgehead atoms. The van der Waals surface area contributed by atoms with Crippen molar-refractivity contribution in [3.05, 3.63) is 45.1 Å². The van der Waals surface area contributed by atoms with Crippen molar-refractivity contribution in [2.75, 3.05) is 19.0 Å². The maximum absolute atomic E-state index is 12.2. The molecule has 0 saturated carbocycles. The summed E-state index contributed by atoms with van der Waals surface area (Å²) in [6.07, 6.45) is 0. The van der Waals surface area contributed by atoms with Gasteiger partial charge in [-0.05, 0) is 59.3 Å². The van der Waals surface area contributed by atoms with Gasteiger partial charge in [-0.15, -0.1) is 11.3 Å². The summed E-state index contributed by atoms with van der Waals surface area (Å²) in [5.41, 5.74) is 0.522. The van der Waals surface area contributed by atoms with Gasteiger partial charge in [0.2, 0.25) is 10.0 Å². The fourth-order valence-corrected chi connectivity index (χ4v) is 4.47. The number of nitrogens with one attached hydrogen (secondary N) is 2. The Bertz CT molecular complexity index is 803. The topological polar surface area (TPSA) is 84.5 Å². The number of benzene rings is 1. The number of carbonyl (C=O) groups excluding carboxylic acids is 1. The third-order valence-corrected chi connectivity index (χ3v) is 6.22. The summed E-state index contributed by atoms with van der Waals surface area (Å²) >= 11 is 4.62. The maximum Gasteiger partial charge on any atom is 0.265 e. The minimum absolute atomic E-state index is 0.127. The molecule has 0 aliphatic rings. The predicted octanol–water partition coefficient (Wildman–Crippen LogP) is 3.08. The van der Waals surface area contributed by atoms with Crippen LogP contribution in [0.15, 0.2) is 45.1 Å². The van der Waals surface area contributed by atoms with Crippen LogP contribution in [0.4, 0.5) is 5.69 Å². The van der Waals surface area contributed by atoms with Gasteiger partial charge in [0, 0.05) is 18.8 Å². The summed E-state index contributed by atoms with van der Waals surface area (Å²) in [5.74, 6) is -0.242. The summed E-state index contributed by atoms with van der Waals surface area (Å²) in [6.45, 7) is 2.00. The van der Waals surface area contributed by atoms with Crippen molar-refractivity contribution in [1.82, 2.24) is 4.72 Å². The summed E-state index contributed by atoms with van der Waals surface area (Å²) in [7, 11) is -2.11. The first kappa shape index (κ1) is 19.1. The van der Waals surface area contributed by atoms with Crippen LogP contribution in [0.1, 0.15) is 16.6 Å². The summed E-state index contributed by atoms with van der Waals surface area (Å²) < 4.78 is 32.7. The Morgan fingerprint density at radius 3 is 2.46 bits per heavy atom. The van der Waals surface area contributed by atoms with Crippen molar-refractivity contribution in [2.45, 2.75) is 17.9 Å². The summed E-state index contributed by atoms with van der Waals surface area (Å²) in [5, 5.41) is 2.73. The van der Waals surface area contributed by atoms with E-state index in [-0.39, 0.29) is 23.5 Å². The van der Waals surface area contributed by atoms with Gasteiger partial charge < -0.3 is 10.1 Å². The third-order valence-electron chi connectivity index (χ3n) is 2.99. The lowest BCUT2D eigenvalue weighted by Crippen LogP contribution is -2.35. The minimum Gasteiger partial charge on any atom is -0.383 e. The lowest BCUT2D eigenvalue weighted by atomic mass is 10.3. The Kier molecular flexibility index (Phi) is 6.53. The van der Waals surface area contributed by atoms with Crippen LogP contribution >= 0.6 is 27.3 Å². The van der Waals surface area contributed by atoms with E-state index >= 15 is 0 Å². The second kappa shape index (κ2) is 8.21. The van der Waals surface area contributed by atoms with Gasteiger partial charge in [0.1, 0.15) is 0 Å². The van der Waals surface area contributed by atoms with Crippen LogP contribution in [0, 0.1) is 0 Å². The first-order valence-corrected chi connectivity index (χ1v) is 10.1. The molecule has 0 fully saturated rings. The monoisotopic (exact) mass is 432 g/mol. The molecule has 0 unspecified atom stereocenters. The van der Waals surface area contributed by atoms with Crippen molar-refractivity contribution in [2.24, 2.45) is 0 Å². The third kappa shape index (κ3) is 5.12. The second-order valence-corrected chi connectivity index (χ2v) is 9.24. The average molecular weight is 433 g/mol. The Balaban J connectivity index is 2.06. The number of halogens is 1. The molecule has 1 heterocycles. The van der Waals surface area contributed by atoms with Crippen molar-refractivity contribution in [3.8, 4) is 0 Å². The molecule has 0 saturated heterocycles. The van der Waals surface area contributed by atoms with Crippen LogP contribution < -0.4 is 10.0 Å². The molecule has 0 aliphatic carbocycles. The van der Waals surface area contributed by atoms with E-state index in [1.54, 1.807) is 31.2 Å². The molecule has 1 aromatic heterocycles. The quantitative estimate of drug-likeness (QED) is 0.703. The molecule has 0 aliphatic heterocycles. The van der Waals surface area contributed by atoms with E-state index in [0.29, 0.717) is 10.6 Å². The number of ether oxygens (including phenoxy) is 1. The number of anilines is 1. The average Bonchev–Trinajstić information content (AvgIpc) is 2.94. The summed E-state index contributed by atoms with van der Waals surface area (Å²) in [4.78, 5) is 12.8. The molecule has 2 rings (SSSR count). The zero-order valence-corrected chi connectivity index (χ0v) is 16.3. The second-order valence-electron chi connectivity index (χ2n) is 5.06. The standard InChI is InChI=1S/C15H17BrN2O4S2/c1-10(9-22-2)18-24(20,21)12-5-3-11(4-6-12)17-15(19)13-7-8-14(16)23-13/h3-8,10,18H,9H2,1-2H3,(H,17,19)/t10-/m0/s1. The number of hydrogen-bond donors (Lipinski definition) is 2. The van der Waals surface area contributed by atoms with Crippen LogP contribution in [-0.2, 0) is 14.8 Å². The Labute approximate surface area is 153 Å². The number of rotatable bonds is 7. The molecule has 0 radical (unpaired) electrons. The van der Waals surface area contributed by atoms with Crippen molar-refractivity contribution < 1.29 is 17.9 Å². The molecule has 2 N–H and O–H groups in total. The van der Waals surface area contributed by atoms with E-state index < -0.39 is 10.0 Å². The molecular formula is C15H17BrN2O4S2. The molecule has 9 heteroatoms. The molecule has 24 heavy (non-hydrogen) atoms. The molecule has 1 atom stereocenters. The van der Waals surface area contributed by atoms with Crippen molar-refractivity contribution in [3.63, 3.8) is 0 Å². The summed E-state index contributed by atoms with van der Waals surface area (Å²) in [6, 6.07) is 9.17. The lowest BCUT2D eigenvalue weighted by molar-refractivity contribution is 0.103. The van der Waals surface area contributed by atoms with E-state index in [1.807, 2.05) is 0 Å². The van der Waals surface area contributed by atoms with Gasteiger partial charge >= 0.3 is 0 Å². The highest BCUT2D eigenvalue weighted by Gasteiger charge is 2.17. The Hall–Kier alpha value is -1.26. The fraction of sp³-hybridized carbons (Fsp3) is 0.267. The highest BCUT2D eigenvalue weighted by molar-refractivity contribution is 9.11. The zero-order valence-electron chi connectivity index (χ0n) is 13.1. The van der Waals surface area contributed by atoms with Gasteiger partial charge in [0.15, 0.2) is 0 Å². The molecule has 1 amide bonds. The molecule has 0 spiro atoms. The van der Waals surface area contributed by atoms with Gasteiger partial charge in [-0.1, -0.05) is 0 Å².